The minimum Gasteiger partial charge on any atom is -0.480 e. The van der Waals surface area contributed by atoms with Crippen molar-refractivity contribution in [2.24, 2.45) is 5.41 Å². The molecule has 2 aromatic carbocycles. The van der Waals surface area contributed by atoms with E-state index in [2.05, 4.69) is 22.6 Å². The lowest BCUT2D eigenvalue weighted by Crippen LogP contribution is -2.67. The first-order valence-electron chi connectivity index (χ1n) is 11.3. The van der Waals surface area contributed by atoms with Crippen molar-refractivity contribution in [3.8, 4) is 11.1 Å². The van der Waals surface area contributed by atoms with Crippen LogP contribution in [0.25, 0.3) is 11.1 Å². The molecule has 1 aliphatic heterocycles. The maximum atomic E-state index is 12.9. The number of likely N-dealkylation sites (tertiary alicyclic amines) is 1. The quantitative estimate of drug-likeness (QED) is 0.558. The van der Waals surface area contributed by atoms with Crippen molar-refractivity contribution >= 4 is 18.0 Å². The number of nitrogens with one attached hydrogen (secondary N) is 1. The summed E-state index contributed by atoms with van der Waals surface area (Å²) in [6, 6.07) is 15.2. The number of benzene rings is 2. The third-order valence-corrected chi connectivity index (χ3v) is 6.74. The summed E-state index contributed by atoms with van der Waals surface area (Å²) in [7, 11) is 0. The second-order valence-electron chi connectivity index (χ2n) is 9.52. The van der Waals surface area contributed by atoms with E-state index in [1.807, 2.05) is 36.4 Å². The van der Waals surface area contributed by atoms with E-state index >= 15 is 0 Å². The van der Waals surface area contributed by atoms with Gasteiger partial charge in [-0.05, 0) is 22.3 Å². The molecule has 0 spiro atoms. The highest BCUT2D eigenvalue weighted by atomic mass is 16.5. The zero-order chi connectivity index (χ0) is 24.7. The molecule has 2 amide bonds. The average molecular weight is 476 g/mol. The number of fused-ring (bicyclic) bond motifs is 3. The van der Waals surface area contributed by atoms with Crippen LogP contribution in [0.5, 0.6) is 0 Å². The molecule has 180 valence electrons. The van der Waals surface area contributed by atoms with Gasteiger partial charge in [-0.25, -0.2) is 9.59 Å². The van der Waals surface area contributed by atoms with Gasteiger partial charge in [-0.1, -0.05) is 67.5 Å². The number of carboxylic acids is 1. The predicted octanol–water partition coefficient (Wildman–Crippen LogP) is 3.65. The number of aliphatic carboxylic acids is 1. The maximum absolute atomic E-state index is 12.9. The third-order valence-electron chi connectivity index (χ3n) is 6.74. The molecule has 9 nitrogen and oxygen atoms in total. The van der Waals surface area contributed by atoms with Crippen LogP contribution in [0.15, 0.2) is 59.3 Å². The van der Waals surface area contributed by atoms with Crippen LogP contribution in [0.3, 0.4) is 0 Å². The summed E-state index contributed by atoms with van der Waals surface area (Å²) in [6.07, 6.45) is 0.517. The number of carbonyl (C=O) groups is 3. The molecule has 9 heteroatoms. The first-order chi connectivity index (χ1) is 16.8. The van der Waals surface area contributed by atoms with E-state index < -0.39 is 29.4 Å². The van der Waals surface area contributed by atoms with Crippen LogP contribution in [-0.4, -0.2) is 52.3 Å². The number of amides is 2. The Balaban J connectivity index is 1.21. The van der Waals surface area contributed by atoms with Crippen molar-refractivity contribution in [3.05, 3.63) is 77.2 Å². The fraction of sp³-hybridized carbons (Fsp3) is 0.308. The van der Waals surface area contributed by atoms with E-state index in [1.165, 1.54) is 11.2 Å². The van der Waals surface area contributed by atoms with Gasteiger partial charge in [0.05, 0.1) is 6.54 Å². The van der Waals surface area contributed by atoms with E-state index in [0.29, 0.717) is 6.54 Å². The number of carbonyl (C=O) groups excluding carboxylic acids is 2. The smallest absolute Gasteiger partial charge is 0.407 e. The molecule has 35 heavy (non-hydrogen) atoms. The summed E-state index contributed by atoms with van der Waals surface area (Å²) in [5.74, 6) is -1.63. The fourth-order valence-electron chi connectivity index (χ4n) is 5.10. The lowest BCUT2D eigenvalue weighted by Gasteiger charge is -2.51. The highest BCUT2D eigenvalue weighted by Gasteiger charge is 2.53. The average Bonchev–Trinajstić information content (AvgIpc) is 3.42. The van der Waals surface area contributed by atoms with Crippen LogP contribution < -0.4 is 5.32 Å². The largest absolute Gasteiger partial charge is 0.480 e. The molecule has 0 saturated carbocycles. The van der Waals surface area contributed by atoms with Crippen LogP contribution in [0.2, 0.25) is 0 Å². The fourth-order valence-corrected chi connectivity index (χ4v) is 5.10. The first kappa shape index (κ1) is 22.6. The van der Waals surface area contributed by atoms with Gasteiger partial charge >= 0.3 is 12.1 Å². The number of hydrogen-bond donors (Lipinski definition) is 2. The Hall–Kier alpha value is -4.14. The van der Waals surface area contributed by atoms with Crippen molar-refractivity contribution in [1.29, 1.82) is 0 Å². The highest BCUT2D eigenvalue weighted by molar-refractivity contribution is 5.98. The molecule has 1 unspecified atom stereocenters. The van der Waals surface area contributed by atoms with Crippen LogP contribution >= 0.6 is 0 Å². The van der Waals surface area contributed by atoms with E-state index in [4.69, 9.17) is 9.26 Å². The minimum absolute atomic E-state index is 0.0694. The molecule has 2 heterocycles. The molecular weight excluding hydrogens is 450 g/mol. The Kier molecular flexibility index (Phi) is 5.55. The van der Waals surface area contributed by atoms with Gasteiger partial charge in [-0.3, -0.25) is 4.79 Å². The zero-order valence-electron chi connectivity index (χ0n) is 19.4. The summed E-state index contributed by atoms with van der Waals surface area (Å²) in [5.41, 5.74) is 4.28. The Morgan fingerprint density at radius 2 is 1.74 bits per heavy atom. The van der Waals surface area contributed by atoms with Crippen molar-refractivity contribution < 1.29 is 28.8 Å². The van der Waals surface area contributed by atoms with Crippen molar-refractivity contribution in [2.75, 3.05) is 13.2 Å². The molecule has 3 aromatic rings. The number of hydrogen-bond acceptors (Lipinski definition) is 6. The maximum Gasteiger partial charge on any atom is 0.407 e. The second kappa shape index (κ2) is 8.57. The van der Waals surface area contributed by atoms with Gasteiger partial charge in [-0.2, -0.15) is 0 Å². The summed E-state index contributed by atoms with van der Waals surface area (Å²) in [5, 5.41) is 15.9. The first-order valence-corrected chi connectivity index (χ1v) is 11.3. The number of nitrogens with zero attached hydrogens (tertiary/aromatic N) is 2. The van der Waals surface area contributed by atoms with E-state index in [-0.39, 0.29) is 30.3 Å². The summed E-state index contributed by atoms with van der Waals surface area (Å²) >= 11 is 0. The van der Waals surface area contributed by atoms with Crippen molar-refractivity contribution in [1.82, 2.24) is 15.4 Å². The van der Waals surface area contributed by atoms with Gasteiger partial charge < -0.3 is 24.6 Å². The topological polar surface area (TPSA) is 122 Å². The van der Waals surface area contributed by atoms with Gasteiger partial charge in [0.15, 0.2) is 0 Å². The standard InChI is InChI=1S/C26H25N3O6/c1-26(2)14-29(22(26)24(31)32)23(30)20-13-35-28-21(20)11-27-25(33)34-12-19-17-9-5-3-7-15(17)16-8-4-6-10-18(16)19/h3-10,13,19,22H,11-12,14H2,1-2H3,(H,27,33)(H,31,32). The Morgan fingerprint density at radius 3 is 2.34 bits per heavy atom. The number of alkyl carbamates (subject to hydrolysis) is 1. The lowest BCUT2D eigenvalue weighted by atomic mass is 9.74. The number of rotatable bonds is 6. The molecule has 1 fully saturated rings. The molecule has 0 radical (unpaired) electrons. The van der Waals surface area contributed by atoms with Crippen molar-refractivity contribution in [2.45, 2.75) is 32.4 Å². The second-order valence-corrected chi connectivity index (χ2v) is 9.52. The van der Waals surface area contributed by atoms with Gasteiger partial charge in [0, 0.05) is 17.9 Å². The molecule has 1 aliphatic carbocycles. The molecule has 1 aromatic heterocycles. The Morgan fingerprint density at radius 1 is 1.11 bits per heavy atom. The Labute approximate surface area is 201 Å². The van der Waals surface area contributed by atoms with E-state index in [9.17, 15) is 19.5 Å². The molecule has 5 rings (SSSR count). The molecule has 2 aliphatic rings. The molecule has 2 N–H and O–H groups in total. The van der Waals surface area contributed by atoms with E-state index in [0.717, 1.165) is 22.3 Å². The van der Waals surface area contributed by atoms with Crippen LogP contribution in [0.1, 0.15) is 46.9 Å². The van der Waals surface area contributed by atoms with Crippen LogP contribution in [-0.2, 0) is 16.1 Å². The summed E-state index contributed by atoms with van der Waals surface area (Å²) in [4.78, 5) is 38.3. The van der Waals surface area contributed by atoms with Crippen molar-refractivity contribution in [3.63, 3.8) is 0 Å². The monoisotopic (exact) mass is 475 g/mol. The van der Waals surface area contributed by atoms with E-state index in [1.54, 1.807) is 13.8 Å². The van der Waals surface area contributed by atoms with Gasteiger partial charge in [0.25, 0.3) is 5.91 Å². The van der Waals surface area contributed by atoms with Gasteiger partial charge in [-0.15, -0.1) is 0 Å². The third kappa shape index (κ3) is 3.92. The van der Waals surface area contributed by atoms with Crippen LogP contribution in [0, 0.1) is 5.41 Å². The lowest BCUT2D eigenvalue weighted by molar-refractivity contribution is -0.156. The Bertz CT molecular complexity index is 1270. The number of carboxylic acid groups (broad SMARTS) is 1. The summed E-state index contributed by atoms with van der Waals surface area (Å²) < 4.78 is 10.5. The predicted molar refractivity (Wildman–Crippen MR) is 125 cm³/mol. The summed E-state index contributed by atoms with van der Waals surface area (Å²) in [6.45, 7) is 3.95. The molecule has 1 saturated heterocycles. The van der Waals surface area contributed by atoms with Gasteiger partial charge in [0.1, 0.15) is 30.2 Å². The minimum atomic E-state index is -1.07. The molecule has 0 bridgehead atoms. The molecular formula is C26H25N3O6. The van der Waals surface area contributed by atoms with Crippen LogP contribution in [0.4, 0.5) is 4.79 Å². The SMILES string of the molecule is CC1(C)CN(C(=O)c2conc2CNC(=O)OCC2c3ccccc3-c3ccccc32)C1C(=O)O. The number of aromatic nitrogens is 1. The van der Waals surface area contributed by atoms with Gasteiger partial charge in [0.2, 0.25) is 0 Å². The molecule has 1 atom stereocenters. The number of ether oxygens (including phenoxy) is 1. The zero-order valence-corrected chi connectivity index (χ0v) is 19.4. The normalized spacial score (nSPS) is 17.8. The highest BCUT2D eigenvalue weighted by Crippen LogP contribution is 2.44.